The Morgan fingerprint density at radius 3 is 2.69 bits per heavy atom. The van der Waals surface area contributed by atoms with Crippen molar-refractivity contribution in [1.82, 2.24) is 15.3 Å². The van der Waals surface area contributed by atoms with Crippen LogP contribution in [0.15, 0.2) is 24.4 Å². The van der Waals surface area contributed by atoms with Crippen LogP contribution >= 0.6 is 11.6 Å². The van der Waals surface area contributed by atoms with Gasteiger partial charge in [-0.15, -0.1) is 0 Å². The first-order valence-corrected chi connectivity index (χ1v) is 13.9. The molecule has 3 aliphatic carbocycles. The van der Waals surface area contributed by atoms with Crippen molar-refractivity contribution in [3.05, 3.63) is 40.5 Å². The van der Waals surface area contributed by atoms with Crippen LogP contribution in [0.25, 0.3) is 0 Å². The molecular weight excluding hydrogens is 474 g/mol. The Hall–Kier alpha value is -2.54. The number of benzene rings is 1. The Labute approximate surface area is 218 Å². The molecule has 4 aliphatic rings. The minimum Gasteiger partial charge on any atom is -0.495 e. The maximum Gasteiger partial charge on any atom is 0.256 e. The zero-order valence-corrected chi connectivity index (χ0v) is 21.8. The van der Waals surface area contributed by atoms with Crippen LogP contribution < -0.4 is 20.3 Å². The fourth-order valence-corrected chi connectivity index (χ4v) is 7.02. The first-order chi connectivity index (χ1) is 17.5. The smallest absolute Gasteiger partial charge is 0.256 e. The molecule has 1 amide bonds. The lowest BCUT2D eigenvalue weighted by molar-refractivity contribution is 0.0154. The Morgan fingerprint density at radius 2 is 1.97 bits per heavy atom. The van der Waals surface area contributed by atoms with Crippen molar-refractivity contribution in [3.8, 4) is 5.75 Å². The highest BCUT2D eigenvalue weighted by molar-refractivity contribution is 6.32. The summed E-state index contributed by atoms with van der Waals surface area (Å²) in [7, 11) is 1.60. The normalized spacial score (nSPS) is 24.2. The zero-order chi connectivity index (χ0) is 24.7. The van der Waals surface area contributed by atoms with Gasteiger partial charge in [0.15, 0.2) is 0 Å². The molecule has 0 bridgehead atoms. The third-order valence-corrected chi connectivity index (χ3v) is 9.16. The molecular formula is C28H36ClN5O2. The summed E-state index contributed by atoms with van der Waals surface area (Å²) in [6, 6.07) is 5.69. The summed E-state index contributed by atoms with van der Waals surface area (Å²) in [6.07, 6.45) is 12.4. The molecule has 1 aromatic heterocycles. The predicted octanol–water partition coefficient (Wildman–Crippen LogP) is 5.30. The van der Waals surface area contributed by atoms with Crippen molar-refractivity contribution in [2.45, 2.75) is 57.9 Å². The summed E-state index contributed by atoms with van der Waals surface area (Å²) in [6.45, 7) is 3.24. The van der Waals surface area contributed by atoms with Crippen LogP contribution in [0.5, 0.6) is 5.75 Å². The van der Waals surface area contributed by atoms with Crippen LogP contribution in [0.3, 0.4) is 0 Å². The quantitative estimate of drug-likeness (QED) is 0.503. The Morgan fingerprint density at radius 1 is 1.19 bits per heavy atom. The van der Waals surface area contributed by atoms with Gasteiger partial charge in [-0.2, -0.15) is 4.98 Å². The Bertz CT molecular complexity index is 1120. The molecule has 1 aliphatic heterocycles. The maximum absolute atomic E-state index is 13.2. The minimum absolute atomic E-state index is 0.106. The van der Waals surface area contributed by atoms with Crippen molar-refractivity contribution < 1.29 is 9.53 Å². The molecule has 4 fully saturated rings. The second-order valence-electron chi connectivity index (χ2n) is 11.5. The number of anilines is 2. The third kappa shape index (κ3) is 4.86. The lowest BCUT2D eigenvalue weighted by atomic mass is 9.56. The van der Waals surface area contributed by atoms with Crippen molar-refractivity contribution in [2.75, 3.05) is 37.0 Å². The number of fused-ring (bicyclic) bond motifs is 1. The number of hydrogen-bond donors (Lipinski definition) is 2. The van der Waals surface area contributed by atoms with Crippen LogP contribution in [-0.4, -0.2) is 42.6 Å². The molecule has 2 atom stereocenters. The van der Waals surface area contributed by atoms with E-state index in [2.05, 4.69) is 20.5 Å². The van der Waals surface area contributed by atoms with Gasteiger partial charge < -0.3 is 20.3 Å². The number of methoxy groups -OCH3 is 1. The lowest BCUT2D eigenvalue weighted by Crippen LogP contribution is -2.44. The highest BCUT2D eigenvalue weighted by Crippen LogP contribution is 2.54. The molecule has 192 valence electrons. The number of piperidine rings is 1. The number of aromatic nitrogens is 2. The maximum atomic E-state index is 13.2. The summed E-state index contributed by atoms with van der Waals surface area (Å²) >= 11 is 6.32. The number of carbonyl (C=O) groups is 1. The predicted molar refractivity (Wildman–Crippen MR) is 142 cm³/mol. The number of nitrogens with one attached hydrogen (secondary N) is 2. The second kappa shape index (κ2) is 9.73. The van der Waals surface area contributed by atoms with E-state index in [-0.39, 0.29) is 5.91 Å². The molecule has 1 aromatic carbocycles. The summed E-state index contributed by atoms with van der Waals surface area (Å²) in [4.78, 5) is 24.9. The number of nitrogens with zero attached hydrogens (tertiary/aromatic N) is 3. The van der Waals surface area contributed by atoms with E-state index in [1.807, 2.05) is 18.2 Å². The number of ether oxygens (including phenoxy) is 1. The molecule has 2 heterocycles. The van der Waals surface area contributed by atoms with Crippen LogP contribution in [0, 0.1) is 23.2 Å². The van der Waals surface area contributed by atoms with Crippen molar-refractivity contribution in [3.63, 3.8) is 0 Å². The van der Waals surface area contributed by atoms with E-state index in [4.69, 9.17) is 21.3 Å². The first kappa shape index (κ1) is 23.8. The summed E-state index contributed by atoms with van der Waals surface area (Å²) in [5.74, 6) is 3.96. The number of amides is 1. The lowest BCUT2D eigenvalue weighted by Gasteiger charge is -2.50. The number of hydrogen-bond acceptors (Lipinski definition) is 6. The van der Waals surface area contributed by atoms with Gasteiger partial charge in [0.25, 0.3) is 5.91 Å². The van der Waals surface area contributed by atoms with Crippen molar-refractivity contribution >= 4 is 29.3 Å². The minimum atomic E-state index is -0.106. The second-order valence-corrected chi connectivity index (χ2v) is 11.9. The number of rotatable bonds is 8. The van der Waals surface area contributed by atoms with E-state index in [0.29, 0.717) is 46.0 Å². The summed E-state index contributed by atoms with van der Waals surface area (Å²) in [5, 5.41) is 7.12. The van der Waals surface area contributed by atoms with E-state index >= 15 is 0 Å². The molecule has 0 radical (unpaired) electrons. The van der Waals surface area contributed by atoms with Gasteiger partial charge in [-0.1, -0.05) is 36.9 Å². The molecule has 36 heavy (non-hydrogen) atoms. The van der Waals surface area contributed by atoms with Gasteiger partial charge in [0, 0.05) is 32.4 Å². The average molecular weight is 510 g/mol. The summed E-state index contributed by atoms with van der Waals surface area (Å²) < 4.78 is 5.26. The van der Waals surface area contributed by atoms with Gasteiger partial charge >= 0.3 is 0 Å². The molecule has 2 aromatic rings. The van der Waals surface area contributed by atoms with E-state index < -0.39 is 0 Å². The fraction of sp³-hybridized carbons (Fsp3) is 0.607. The Balaban J connectivity index is 1.13. The molecule has 1 saturated heterocycles. The van der Waals surface area contributed by atoms with Crippen molar-refractivity contribution in [2.24, 2.45) is 23.2 Å². The van der Waals surface area contributed by atoms with Gasteiger partial charge in [0.1, 0.15) is 17.1 Å². The van der Waals surface area contributed by atoms with Crippen LogP contribution in [0.4, 0.5) is 11.8 Å². The fourth-order valence-electron chi connectivity index (χ4n) is 6.74. The van der Waals surface area contributed by atoms with Crippen molar-refractivity contribution in [1.29, 1.82) is 0 Å². The van der Waals surface area contributed by atoms with Crippen LogP contribution in [-0.2, 0) is 6.54 Å². The van der Waals surface area contributed by atoms with Gasteiger partial charge in [-0.05, 0) is 73.0 Å². The molecule has 2 N–H and O–H groups in total. The largest absolute Gasteiger partial charge is 0.495 e. The molecule has 3 saturated carbocycles. The van der Waals surface area contributed by atoms with E-state index in [1.54, 1.807) is 13.3 Å². The van der Waals surface area contributed by atoms with Gasteiger partial charge in [-0.3, -0.25) is 4.79 Å². The van der Waals surface area contributed by atoms with Gasteiger partial charge in [0.05, 0.1) is 12.1 Å². The molecule has 1 spiro atoms. The van der Waals surface area contributed by atoms with Crippen LogP contribution in [0.1, 0.15) is 67.3 Å². The molecule has 2 unspecified atom stereocenters. The van der Waals surface area contributed by atoms with E-state index in [1.165, 1.54) is 51.4 Å². The standard InChI is InChI=1S/C28H36ClN5O2/c1-36-24-6-5-18(9-23(24)29)13-30-25-22(15-32-27(33-25)34-16-20-10-21(20)17-34)26(35)31-14-19-11-28(12-19)7-3-2-4-8-28/h5-6,9,15,19-21H,2-4,7-8,10-14,16-17H2,1H3,(H,31,35)(H,30,32,33). The average Bonchev–Trinajstić information content (AvgIpc) is 3.49. The third-order valence-electron chi connectivity index (χ3n) is 8.87. The topological polar surface area (TPSA) is 79.4 Å². The zero-order valence-electron chi connectivity index (χ0n) is 21.1. The van der Waals surface area contributed by atoms with E-state index in [0.717, 1.165) is 37.0 Å². The Kier molecular flexibility index (Phi) is 6.44. The number of halogens is 1. The highest BCUT2D eigenvalue weighted by Gasteiger charge is 2.46. The molecule has 7 nitrogen and oxygen atoms in total. The monoisotopic (exact) mass is 509 g/mol. The highest BCUT2D eigenvalue weighted by atomic mass is 35.5. The van der Waals surface area contributed by atoms with Gasteiger partial charge in [0.2, 0.25) is 5.95 Å². The SMILES string of the molecule is COc1ccc(CNc2nc(N3CC4CC4C3)ncc2C(=O)NCC2CC3(CCCCC3)C2)cc1Cl. The molecule has 8 heteroatoms. The molecule has 6 rings (SSSR count). The summed E-state index contributed by atoms with van der Waals surface area (Å²) in [5.41, 5.74) is 2.05. The van der Waals surface area contributed by atoms with E-state index in [9.17, 15) is 4.79 Å². The van der Waals surface area contributed by atoms with Gasteiger partial charge in [-0.25, -0.2) is 4.98 Å². The van der Waals surface area contributed by atoms with Crippen LogP contribution in [0.2, 0.25) is 5.02 Å². The number of carbonyl (C=O) groups excluding carboxylic acids is 1. The first-order valence-electron chi connectivity index (χ1n) is 13.5.